The summed E-state index contributed by atoms with van der Waals surface area (Å²) in [5, 5.41) is 36.8. The zero-order valence-corrected chi connectivity index (χ0v) is 30.7. The Morgan fingerprint density at radius 1 is 1.02 bits per heavy atom. The highest BCUT2D eigenvalue weighted by atomic mass is 28.4. The Morgan fingerprint density at radius 3 is 2.19 bits per heavy atom. The van der Waals surface area contributed by atoms with Crippen molar-refractivity contribution in [3.05, 3.63) is 47.0 Å². The number of ketones is 1. The summed E-state index contributed by atoms with van der Waals surface area (Å²) in [6.07, 6.45) is -5.39. The van der Waals surface area contributed by atoms with Gasteiger partial charge >= 0.3 is 11.9 Å². The zero-order valence-electron chi connectivity index (χ0n) is 29.7. The van der Waals surface area contributed by atoms with E-state index in [0.717, 1.165) is 18.1 Å². The van der Waals surface area contributed by atoms with Crippen LogP contribution >= 0.6 is 0 Å². The molecule has 0 unspecified atom stereocenters. The first-order valence-corrected chi connectivity index (χ1v) is 20.2. The van der Waals surface area contributed by atoms with Crippen molar-refractivity contribution < 1.29 is 48.3 Å². The van der Waals surface area contributed by atoms with Gasteiger partial charge in [0.2, 0.25) is 0 Å². The zero-order chi connectivity index (χ0) is 35.4. The number of carbonyl (C=O) groups excluding carboxylic acids is 3. The lowest BCUT2D eigenvalue weighted by molar-refractivity contribution is -0.345. The largest absolute Gasteiger partial charge is 0.455 e. The third kappa shape index (κ3) is 5.35. The number of fused-ring (bicyclic) bond motifs is 5. The number of hydrogen-bond acceptors (Lipinski definition) is 10. The molecule has 10 nitrogen and oxygen atoms in total. The fourth-order valence-electron chi connectivity index (χ4n) is 9.31. The number of ether oxygens (including phenoxy) is 3. The quantitative estimate of drug-likeness (QED) is 0.177. The Hall–Kier alpha value is -2.41. The molecule has 0 spiro atoms. The van der Waals surface area contributed by atoms with E-state index in [-0.39, 0.29) is 37.0 Å². The van der Waals surface area contributed by atoms with Crippen molar-refractivity contribution in [2.75, 3.05) is 6.61 Å². The van der Waals surface area contributed by atoms with Crippen LogP contribution in [0.3, 0.4) is 0 Å². The minimum Gasteiger partial charge on any atom is -0.455 e. The summed E-state index contributed by atoms with van der Waals surface area (Å²) in [5.74, 6) is -3.02. The number of benzene rings is 1. The predicted octanol–water partition coefficient (Wildman–Crippen LogP) is 4.89. The molecule has 48 heavy (non-hydrogen) atoms. The van der Waals surface area contributed by atoms with Crippen molar-refractivity contribution >= 4 is 26.0 Å². The second kappa shape index (κ2) is 13.0. The second-order valence-electron chi connectivity index (χ2n) is 15.1. The number of carbonyl (C=O) groups is 3. The first-order chi connectivity index (χ1) is 22.5. The van der Waals surface area contributed by atoms with Gasteiger partial charge in [-0.3, -0.25) is 9.59 Å². The number of Topliss-reactive ketones (excluding diaryl/α,β-unsaturated/α-hetero) is 1. The molecule has 4 aliphatic rings. The fraction of sp³-hybridized carbons (Fsp3) is 0.703. The van der Waals surface area contributed by atoms with Crippen LogP contribution in [0.1, 0.15) is 91.4 Å². The molecule has 0 aromatic heterocycles. The Bertz CT molecular complexity index is 1430. The monoisotopic (exact) mass is 686 g/mol. The number of hydrogen-bond donors (Lipinski definition) is 3. The molecule has 266 valence electrons. The minimum atomic E-state index is -2.43. The summed E-state index contributed by atoms with van der Waals surface area (Å²) in [5.41, 5.74) is -5.69. The predicted molar refractivity (Wildman–Crippen MR) is 180 cm³/mol. The number of aliphatic hydroxyl groups is 3. The van der Waals surface area contributed by atoms with Gasteiger partial charge in [-0.1, -0.05) is 59.7 Å². The van der Waals surface area contributed by atoms with Gasteiger partial charge in [0, 0.05) is 24.7 Å². The van der Waals surface area contributed by atoms with E-state index < -0.39 is 84.5 Å². The van der Waals surface area contributed by atoms with E-state index in [1.54, 1.807) is 58.0 Å². The van der Waals surface area contributed by atoms with Crippen LogP contribution in [0.5, 0.6) is 0 Å². The molecule has 1 aromatic carbocycles. The maximum Gasteiger partial charge on any atom is 0.338 e. The first kappa shape index (κ1) is 36.9. The van der Waals surface area contributed by atoms with E-state index in [0.29, 0.717) is 12.0 Å². The number of rotatable bonds is 10. The summed E-state index contributed by atoms with van der Waals surface area (Å²) in [4.78, 5) is 42.8. The molecule has 2 saturated carbocycles. The fourth-order valence-corrected chi connectivity index (χ4v) is 12.3. The van der Waals surface area contributed by atoms with Crippen LogP contribution in [0, 0.1) is 16.7 Å². The maximum absolute atomic E-state index is 15.3. The van der Waals surface area contributed by atoms with E-state index >= 15 is 4.79 Å². The smallest absolute Gasteiger partial charge is 0.338 e. The molecule has 1 heterocycles. The van der Waals surface area contributed by atoms with Crippen molar-refractivity contribution in [1.82, 2.24) is 0 Å². The van der Waals surface area contributed by atoms with Gasteiger partial charge in [0.15, 0.2) is 19.7 Å². The van der Waals surface area contributed by atoms with E-state index in [1.807, 2.05) is 6.92 Å². The van der Waals surface area contributed by atoms with E-state index in [2.05, 4.69) is 20.8 Å². The lowest BCUT2D eigenvalue weighted by Gasteiger charge is -2.68. The Kier molecular flexibility index (Phi) is 10.0. The molecular weight excluding hydrogens is 632 g/mol. The molecule has 0 amide bonds. The summed E-state index contributed by atoms with van der Waals surface area (Å²) < 4.78 is 26.2. The molecule has 5 rings (SSSR count). The van der Waals surface area contributed by atoms with Crippen molar-refractivity contribution in [2.24, 2.45) is 16.7 Å². The molecule has 9 atom stereocenters. The van der Waals surface area contributed by atoms with E-state index in [9.17, 15) is 24.9 Å². The van der Waals surface area contributed by atoms with Crippen molar-refractivity contribution in [2.45, 2.75) is 141 Å². The van der Waals surface area contributed by atoms with Crippen molar-refractivity contribution in [1.29, 1.82) is 0 Å². The van der Waals surface area contributed by atoms with Crippen molar-refractivity contribution in [3.63, 3.8) is 0 Å². The van der Waals surface area contributed by atoms with Crippen LogP contribution in [0.2, 0.25) is 18.1 Å². The second-order valence-corrected chi connectivity index (χ2v) is 19.9. The van der Waals surface area contributed by atoms with Gasteiger partial charge < -0.3 is 34.0 Å². The average molecular weight is 687 g/mol. The molecule has 3 fully saturated rings. The van der Waals surface area contributed by atoms with Crippen LogP contribution in [-0.2, 0) is 28.2 Å². The van der Waals surface area contributed by atoms with Gasteiger partial charge in [0.05, 0.1) is 35.7 Å². The van der Waals surface area contributed by atoms with Gasteiger partial charge in [0.1, 0.15) is 23.9 Å². The molecule has 1 aliphatic heterocycles. The Labute approximate surface area is 285 Å². The standard InChI is InChI=1S/C37H54O10Si/c1-9-16-27(39)46-36-21-44-26(36)19-25(47-48(10-2,11-3)12-4)35(8)30(36)32(45-33(42)23-17-14-13-15-18-23)37(43)20-24(38)22(5)28(34(37,6)7)29(40)31(35)41/h13-15,17-18,24-26,29-30,32,38,40,43H,9-12,16,19-21H2,1-8H3/t24-,25-,26+,29+,30-,32-,35+,36-,37+/m0/s1. The van der Waals surface area contributed by atoms with Gasteiger partial charge in [-0.25, -0.2) is 4.79 Å². The molecule has 1 aromatic rings. The highest BCUT2D eigenvalue weighted by Crippen LogP contribution is 2.64. The summed E-state index contributed by atoms with van der Waals surface area (Å²) in [7, 11) is -2.43. The highest BCUT2D eigenvalue weighted by molar-refractivity contribution is 6.73. The van der Waals surface area contributed by atoms with Crippen LogP contribution in [0.25, 0.3) is 0 Å². The van der Waals surface area contributed by atoms with Gasteiger partial charge in [-0.15, -0.1) is 0 Å². The number of esters is 2. The number of aliphatic hydroxyl groups excluding tert-OH is 2. The molecule has 11 heteroatoms. The average Bonchev–Trinajstić information content (AvgIpc) is 3.05. The molecule has 3 N–H and O–H groups in total. The van der Waals surface area contributed by atoms with Crippen molar-refractivity contribution in [3.8, 4) is 0 Å². The van der Waals surface area contributed by atoms with Gasteiger partial charge in [-0.05, 0) is 61.7 Å². The van der Waals surface area contributed by atoms with Gasteiger partial charge in [-0.2, -0.15) is 0 Å². The van der Waals surface area contributed by atoms with Crippen LogP contribution < -0.4 is 0 Å². The SMILES string of the molecule is CCCC(=O)O[C@@]12CO[C@@H]1C[C@H](O[Si](CC)(CC)CC)[C@@]1(C)C(=O)[C@H](O)C3=C(C)[C@@H](O)C[C@@](O)([C@@H](OC(=O)c4ccccc4)[C@H]21)C3(C)C. The summed E-state index contributed by atoms with van der Waals surface area (Å²) >= 11 is 0. The topological polar surface area (TPSA) is 149 Å². The lowest BCUT2D eigenvalue weighted by atomic mass is 9.44. The van der Waals surface area contributed by atoms with Crippen LogP contribution in [0.15, 0.2) is 41.5 Å². The highest BCUT2D eigenvalue weighted by Gasteiger charge is 2.78. The van der Waals surface area contributed by atoms with E-state index in [4.69, 9.17) is 18.6 Å². The Balaban J connectivity index is 1.84. The maximum atomic E-state index is 15.3. The van der Waals surface area contributed by atoms with Crippen LogP contribution in [-0.4, -0.2) is 89.7 Å². The van der Waals surface area contributed by atoms with Crippen LogP contribution in [0.4, 0.5) is 0 Å². The lowest BCUT2D eigenvalue weighted by Crippen LogP contribution is -2.82. The first-order valence-electron chi connectivity index (χ1n) is 17.6. The summed E-state index contributed by atoms with van der Waals surface area (Å²) in [6, 6.07) is 10.7. The molecule has 2 bridgehead atoms. The minimum absolute atomic E-state index is 0.0957. The third-order valence-corrected chi connectivity index (χ3v) is 17.3. The van der Waals surface area contributed by atoms with Gasteiger partial charge in [0.25, 0.3) is 0 Å². The molecule has 3 aliphatic carbocycles. The molecule has 1 saturated heterocycles. The Morgan fingerprint density at radius 2 is 1.65 bits per heavy atom. The third-order valence-electron chi connectivity index (χ3n) is 12.7. The normalized spacial score (nSPS) is 37.4. The molecule has 0 radical (unpaired) electrons. The molecular formula is C37H54O10Si. The van der Waals surface area contributed by atoms with E-state index in [1.165, 1.54) is 0 Å². The summed E-state index contributed by atoms with van der Waals surface area (Å²) in [6.45, 7) is 14.8.